The Kier molecular flexibility index (Phi) is 3.19. The summed E-state index contributed by atoms with van der Waals surface area (Å²) >= 11 is 1.27. The Morgan fingerprint density at radius 1 is 1.13 bits per heavy atom. The maximum atomic E-state index is 13.8. The third-order valence-electron chi connectivity index (χ3n) is 3.37. The second-order valence-corrected chi connectivity index (χ2v) is 6.02. The fourth-order valence-electron chi connectivity index (χ4n) is 2.39. The van der Waals surface area contributed by atoms with Gasteiger partial charge in [-0.1, -0.05) is 6.07 Å². The van der Waals surface area contributed by atoms with Gasteiger partial charge >= 0.3 is 0 Å². The smallest absolute Gasteiger partial charge is 0.233 e. The standard InChI is InChI=1S/C15H11FN6S/c1-8-6-9(2)22-14(19-8)20-15(21-22)23-13-10-4-3-5-11(16)12(10)17-7-18-13/h3-7H,1-2H3. The van der Waals surface area contributed by atoms with Gasteiger partial charge in [-0.15, -0.1) is 5.10 Å². The number of hydrogen-bond donors (Lipinski definition) is 0. The molecule has 0 saturated heterocycles. The zero-order valence-electron chi connectivity index (χ0n) is 12.4. The van der Waals surface area contributed by atoms with Crippen LogP contribution < -0.4 is 0 Å². The summed E-state index contributed by atoms with van der Waals surface area (Å²) < 4.78 is 15.5. The molecule has 0 N–H and O–H groups in total. The van der Waals surface area contributed by atoms with Crippen molar-refractivity contribution in [2.75, 3.05) is 0 Å². The number of aryl methyl sites for hydroxylation is 2. The van der Waals surface area contributed by atoms with E-state index in [9.17, 15) is 4.39 Å². The van der Waals surface area contributed by atoms with Crippen molar-refractivity contribution in [3.05, 3.63) is 47.8 Å². The molecule has 0 amide bonds. The van der Waals surface area contributed by atoms with Crippen molar-refractivity contribution in [3.8, 4) is 0 Å². The second kappa shape index (κ2) is 5.24. The molecule has 0 aliphatic carbocycles. The van der Waals surface area contributed by atoms with Crippen LogP contribution in [-0.2, 0) is 0 Å². The molecule has 23 heavy (non-hydrogen) atoms. The molecule has 0 atom stereocenters. The predicted molar refractivity (Wildman–Crippen MR) is 83.9 cm³/mol. The molecule has 0 fully saturated rings. The van der Waals surface area contributed by atoms with Crippen molar-refractivity contribution in [2.24, 2.45) is 0 Å². The van der Waals surface area contributed by atoms with Gasteiger partial charge in [0.25, 0.3) is 5.78 Å². The number of aromatic nitrogens is 6. The first-order valence-electron chi connectivity index (χ1n) is 6.90. The second-order valence-electron chi connectivity index (χ2n) is 5.06. The van der Waals surface area contributed by atoms with Crippen LogP contribution in [0, 0.1) is 19.7 Å². The number of hydrogen-bond acceptors (Lipinski definition) is 6. The zero-order valence-corrected chi connectivity index (χ0v) is 13.2. The van der Waals surface area contributed by atoms with Gasteiger partial charge in [-0.3, -0.25) is 0 Å². The number of benzene rings is 1. The summed E-state index contributed by atoms with van der Waals surface area (Å²) in [6, 6.07) is 6.73. The maximum Gasteiger partial charge on any atom is 0.253 e. The molecule has 8 heteroatoms. The van der Waals surface area contributed by atoms with E-state index in [-0.39, 0.29) is 5.82 Å². The van der Waals surface area contributed by atoms with Crippen molar-refractivity contribution in [2.45, 2.75) is 24.0 Å². The van der Waals surface area contributed by atoms with Crippen LogP contribution in [0.25, 0.3) is 16.7 Å². The van der Waals surface area contributed by atoms with E-state index in [1.165, 1.54) is 24.2 Å². The molecule has 4 rings (SSSR count). The lowest BCUT2D eigenvalue weighted by Gasteiger charge is -2.02. The van der Waals surface area contributed by atoms with Crippen molar-refractivity contribution in [3.63, 3.8) is 0 Å². The molecule has 0 saturated carbocycles. The maximum absolute atomic E-state index is 13.8. The van der Waals surface area contributed by atoms with Crippen LogP contribution in [0.2, 0.25) is 0 Å². The summed E-state index contributed by atoms with van der Waals surface area (Å²) in [6.07, 6.45) is 1.34. The van der Waals surface area contributed by atoms with Gasteiger partial charge in [0.05, 0.1) is 0 Å². The number of fused-ring (bicyclic) bond motifs is 2. The van der Waals surface area contributed by atoms with E-state index in [1.54, 1.807) is 16.6 Å². The minimum Gasteiger partial charge on any atom is -0.233 e. The lowest BCUT2D eigenvalue weighted by atomic mass is 10.2. The molecule has 0 spiro atoms. The Labute approximate surface area is 134 Å². The van der Waals surface area contributed by atoms with Crippen LogP contribution >= 0.6 is 11.8 Å². The van der Waals surface area contributed by atoms with Gasteiger partial charge in [-0.05, 0) is 43.8 Å². The third-order valence-corrected chi connectivity index (χ3v) is 4.24. The quantitative estimate of drug-likeness (QED) is 0.528. The summed E-state index contributed by atoms with van der Waals surface area (Å²) in [5, 5.41) is 6.19. The minimum atomic E-state index is -0.372. The highest BCUT2D eigenvalue weighted by Gasteiger charge is 2.13. The first kappa shape index (κ1) is 14.0. The first-order valence-corrected chi connectivity index (χ1v) is 7.71. The van der Waals surface area contributed by atoms with Crippen molar-refractivity contribution in [1.82, 2.24) is 29.5 Å². The summed E-state index contributed by atoms with van der Waals surface area (Å²) in [7, 11) is 0. The van der Waals surface area contributed by atoms with E-state index in [1.807, 2.05) is 19.9 Å². The largest absolute Gasteiger partial charge is 0.253 e. The molecule has 1 aromatic carbocycles. The number of rotatable bonds is 2. The molecule has 4 aromatic rings. The minimum absolute atomic E-state index is 0.291. The van der Waals surface area contributed by atoms with Crippen molar-refractivity contribution < 1.29 is 4.39 Å². The Morgan fingerprint density at radius 3 is 2.87 bits per heavy atom. The van der Waals surface area contributed by atoms with Gasteiger partial charge in [-0.25, -0.2) is 23.9 Å². The number of nitrogens with zero attached hydrogens (tertiary/aromatic N) is 6. The van der Waals surface area contributed by atoms with Crippen LogP contribution in [0.3, 0.4) is 0 Å². The predicted octanol–water partition coefficient (Wildman–Crippen LogP) is 2.97. The normalized spacial score (nSPS) is 11.4. The number of para-hydroxylation sites is 1. The fraction of sp³-hybridized carbons (Fsp3) is 0.133. The van der Waals surface area contributed by atoms with Crippen molar-refractivity contribution in [1.29, 1.82) is 0 Å². The van der Waals surface area contributed by atoms with Crippen LogP contribution in [0.15, 0.2) is 40.8 Å². The Bertz CT molecular complexity index is 1040. The molecule has 6 nitrogen and oxygen atoms in total. The molecule has 3 aromatic heterocycles. The van der Waals surface area contributed by atoms with Gasteiger partial charge in [0, 0.05) is 16.8 Å². The van der Waals surface area contributed by atoms with Gasteiger partial charge < -0.3 is 0 Å². The zero-order chi connectivity index (χ0) is 16.0. The fourth-order valence-corrected chi connectivity index (χ4v) is 3.18. The molecule has 0 bridgehead atoms. The highest BCUT2D eigenvalue weighted by Crippen LogP contribution is 2.30. The summed E-state index contributed by atoms with van der Waals surface area (Å²) in [4.78, 5) is 17.0. The van der Waals surface area contributed by atoms with E-state index in [0.717, 1.165) is 11.4 Å². The molecule has 0 unspecified atom stereocenters. The van der Waals surface area contributed by atoms with E-state index in [4.69, 9.17) is 0 Å². The van der Waals surface area contributed by atoms with Crippen LogP contribution in [0.4, 0.5) is 4.39 Å². The average molecular weight is 326 g/mol. The highest BCUT2D eigenvalue weighted by molar-refractivity contribution is 7.99. The van der Waals surface area contributed by atoms with E-state index < -0.39 is 0 Å². The van der Waals surface area contributed by atoms with E-state index in [2.05, 4.69) is 25.0 Å². The molecular weight excluding hydrogens is 315 g/mol. The number of halogens is 1. The molecule has 3 heterocycles. The van der Waals surface area contributed by atoms with Gasteiger partial charge in [-0.2, -0.15) is 4.98 Å². The van der Waals surface area contributed by atoms with Crippen LogP contribution in [0.5, 0.6) is 0 Å². The summed E-state index contributed by atoms with van der Waals surface area (Å²) in [5.41, 5.74) is 2.12. The topological polar surface area (TPSA) is 68.9 Å². The van der Waals surface area contributed by atoms with Gasteiger partial charge in [0.2, 0.25) is 5.16 Å². The average Bonchev–Trinajstić information content (AvgIpc) is 2.91. The Hall–Kier alpha value is -2.61. The third kappa shape index (κ3) is 2.40. The van der Waals surface area contributed by atoms with E-state index >= 15 is 0 Å². The first-order chi connectivity index (χ1) is 11.1. The summed E-state index contributed by atoms with van der Waals surface area (Å²) in [5.74, 6) is 0.164. The van der Waals surface area contributed by atoms with Crippen molar-refractivity contribution >= 4 is 28.4 Å². The highest BCUT2D eigenvalue weighted by atomic mass is 32.2. The SMILES string of the molecule is Cc1cc(C)n2nc(Sc3ncnc4c(F)cccc34)nc2n1. The summed E-state index contributed by atoms with van der Waals surface area (Å²) in [6.45, 7) is 3.86. The molecule has 114 valence electrons. The lowest BCUT2D eigenvalue weighted by molar-refractivity contribution is 0.636. The van der Waals surface area contributed by atoms with E-state index in [0.29, 0.717) is 26.9 Å². The Morgan fingerprint density at radius 2 is 2.00 bits per heavy atom. The molecular formula is C15H11FN6S. The Balaban J connectivity index is 1.82. The van der Waals surface area contributed by atoms with Crippen LogP contribution in [0.1, 0.15) is 11.4 Å². The van der Waals surface area contributed by atoms with Crippen LogP contribution in [-0.4, -0.2) is 29.5 Å². The van der Waals surface area contributed by atoms with Gasteiger partial charge in [0.15, 0.2) is 0 Å². The molecule has 0 aliphatic heterocycles. The van der Waals surface area contributed by atoms with Gasteiger partial charge in [0.1, 0.15) is 22.7 Å². The molecule has 0 radical (unpaired) electrons. The monoisotopic (exact) mass is 326 g/mol. The molecule has 0 aliphatic rings. The lowest BCUT2D eigenvalue weighted by Crippen LogP contribution is -1.97.